The van der Waals surface area contributed by atoms with Crippen LogP contribution in [-0.2, 0) is 18.1 Å². The fourth-order valence-electron chi connectivity index (χ4n) is 1.38. The molecule has 17 heavy (non-hydrogen) atoms. The Bertz CT molecular complexity index is 243. The van der Waals surface area contributed by atoms with Gasteiger partial charge >= 0.3 is 7.82 Å². The van der Waals surface area contributed by atoms with E-state index in [1.54, 1.807) is 13.8 Å². The highest BCUT2D eigenvalue weighted by molar-refractivity contribution is 7.48. The summed E-state index contributed by atoms with van der Waals surface area (Å²) in [6.45, 7) is 8.19. The van der Waals surface area contributed by atoms with Gasteiger partial charge in [0.05, 0.1) is 19.3 Å². The van der Waals surface area contributed by atoms with Crippen molar-refractivity contribution in [3.05, 3.63) is 12.2 Å². The van der Waals surface area contributed by atoms with Gasteiger partial charge in [-0.3, -0.25) is 13.6 Å². The van der Waals surface area contributed by atoms with Crippen LogP contribution in [0.1, 0.15) is 47.0 Å². The molecule has 0 heterocycles. The van der Waals surface area contributed by atoms with Crippen LogP contribution in [0.15, 0.2) is 12.2 Å². The molecule has 1 atom stereocenters. The number of hydrogen-bond acceptors (Lipinski definition) is 4. The number of unbranched alkanes of at least 4 members (excludes halogenated alkanes) is 1. The maximum Gasteiger partial charge on any atom is 0.475 e. The lowest BCUT2D eigenvalue weighted by atomic mass is 10.1. The Morgan fingerprint density at radius 2 is 1.76 bits per heavy atom. The molecular formula is C12H25O4P. The van der Waals surface area contributed by atoms with Gasteiger partial charge in [-0.05, 0) is 27.2 Å². The van der Waals surface area contributed by atoms with Crippen molar-refractivity contribution < 1.29 is 18.1 Å². The first-order chi connectivity index (χ1) is 8.11. The first kappa shape index (κ1) is 16.9. The molecule has 0 saturated carbocycles. The molecule has 0 saturated heterocycles. The van der Waals surface area contributed by atoms with Crippen molar-refractivity contribution in [2.75, 3.05) is 13.2 Å². The molecule has 0 aromatic carbocycles. The Hall–Kier alpha value is -0.150. The molecule has 0 N–H and O–H groups in total. The summed E-state index contributed by atoms with van der Waals surface area (Å²) in [6, 6.07) is 0. The number of rotatable bonds is 10. The SMILES string of the molecule is C/C=C\C(CCCC)OP(=O)(OCC)OCC. The van der Waals surface area contributed by atoms with E-state index in [2.05, 4.69) is 6.92 Å². The maximum absolute atomic E-state index is 12.2. The monoisotopic (exact) mass is 264 g/mol. The lowest BCUT2D eigenvalue weighted by Gasteiger charge is -2.21. The topological polar surface area (TPSA) is 44.8 Å². The molecule has 0 aliphatic rings. The molecule has 0 amide bonds. The largest absolute Gasteiger partial charge is 0.475 e. The van der Waals surface area contributed by atoms with Crippen molar-refractivity contribution in [1.82, 2.24) is 0 Å². The summed E-state index contributed by atoms with van der Waals surface area (Å²) < 4.78 is 27.9. The molecule has 4 nitrogen and oxygen atoms in total. The van der Waals surface area contributed by atoms with Crippen LogP contribution in [0, 0.1) is 0 Å². The Kier molecular flexibility index (Phi) is 9.75. The Balaban J connectivity index is 4.49. The number of allylic oxidation sites excluding steroid dienone is 1. The number of phosphoric acid groups is 1. The predicted molar refractivity (Wildman–Crippen MR) is 70.1 cm³/mol. The minimum Gasteiger partial charge on any atom is -0.287 e. The van der Waals surface area contributed by atoms with E-state index < -0.39 is 7.82 Å². The average Bonchev–Trinajstić information content (AvgIpc) is 2.26. The minimum absolute atomic E-state index is 0.205. The summed E-state index contributed by atoms with van der Waals surface area (Å²) in [5.74, 6) is 0. The van der Waals surface area contributed by atoms with Crippen molar-refractivity contribution in [3.63, 3.8) is 0 Å². The van der Waals surface area contributed by atoms with Crippen LogP contribution in [0.25, 0.3) is 0 Å². The molecule has 102 valence electrons. The van der Waals surface area contributed by atoms with Crippen LogP contribution in [0.5, 0.6) is 0 Å². The third-order valence-electron chi connectivity index (χ3n) is 2.09. The van der Waals surface area contributed by atoms with Gasteiger partial charge in [0, 0.05) is 0 Å². The zero-order valence-corrected chi connectivity index (χ0v) is 12.2. The third kappa shape index (κ3) is 7.72. The normalized spacial score (nSPS) is 14.4. The molecule has 0 fully saturated rings. The van der Waals surface area contributed by atoms with Gasteiger partial charge in [0.25, 0.3) is 0 Å². The smallest absolute Gasteiger partial charge is 0.287 e. The van der Waals surface area contributed by atoms with Crippen LogP contribution in [-0.4, -0.2) is 19.3 Å². The maximum atomic E-state index is 12.2. The first-order valence-corrected chi connectivity index (χ1v) is 7.78. The van der Waals surface area contributed by atoms with E-state index >= 15 is 0 Å². The lowest BCUT2D eigenvalue weighted by molar-refractivity contribution is 0.0968. The van der Waals surface area contributed by atoms with Crippen LogP contribution >= 0.6 is 7.82 Å². The molecule has 1 unspecified atom stereocenters. The molecule has 0 radical (unpaired) electrons. The summed E-state index contributed by atoms with van der Waals surface area (Å²) in [4.78, 5) is 0. The molecule has 0 aromatic heterocycles. The van der Waals surface area contributed by atoms with Gasteiger partial charge in [-0.15, -0.1) is 0 Å². The van der Waals surface area contributed by atoms with Crippen LogP contribution in [0.3, 0.4) is 0 Å². The highest BCUT2D eigenvalue weighted by Crippen LogP contribution is 2.50. The van der Waals surface area contributed by atoms with Gasteiger partial charge in [0.15, 0.2) is 0 Å². The van der Waals surface area contributed by atoms with E-state index in [0.717, 1.165) is 19.3 Å². The molecule has 0 aliphatic carbocycles. The van der Waals surface area contributed by atoms with E-state index in [1.807, 2.05) is 19.1 Å². The summed E-state index contributed by atoms with van der Waals surface area (Å²) >= 11 is 0. The Labute approximate surface area is 105 Å². The second-order valence-electron chi connectivity index (χ2n) is 3.59. The van der Waals surface area contributed by atoms with Crippen molar-refractivity contribution in [1.29, 1.82) is 0 Å². The van der Waals surface area contributed by atoms with E-state index in [-0.39, 0.29) is 6.10 Å². The second-order valence-corrected chi connectivity index (χ2v) is 5.22. The average molecular weight is 264 g/mol. The first-order valence-electron chi connectivity index (χ1n) is 6.32. The molecule has 0 aromatic rings. The summed E-state index contributed by atoms with van der Waals surface area (Å²) in [5.41, 5.74) is 0. The second kappa shape index (κ2) is 9.84. The zero-order chi connectivity index (χ0) is 13.1. The molecule has 0 bridgehead atoms. The van der Waals surface area contributed by atoms with Crippen LogP contribution < -0.4 is 0 Å². The Morgan fingerprint density at radius 3 is 2.18 bits per heavy atom. The molecule has 5 heteroatoms. The molecular weight excluding hydrogens is 239 g/mol. The van der Waals surface area contributed by atoms with Gasteiger partial charge in [-0.2, -0.15) is 0 Å². The minimum atomic E-state index is -3.40. The summed E-state index contributed by atoms with van der Waals surface area (Å²) in [6.07, 6.45) is 6.50. The van der Waals surface area contributed by atoms with E-state index in [4.69, 9.17) is 13.6 Å². The van der Waals surface area contributed by atoms with Crippen LogP contribution in [0.2, 0.25) is 0 Å². The summed E-state index contributed by atoms with van der Waals surface area (Å²) in [7, 11) is -3.40. The van der Waals surface area contributed by atoms with Gasteiger partial charge < -0.3 is 0 Å². The third-order valence-corrected chi connectivity index (χ3v) is 3.77. The van der Waals surface area contributed by atoms with Gasteiger partial charge in [0.2, 0.25) is 0 Å². The van der Waals surface area contributed by atoms with E-state index in [9.17, 15) is 4.57 Å². The van der Waals surface area contributed by atoms with Gasteiger partial charge in [-0.1, -0.05) is 31.9 Å². The standard InChI is InChI=1S/C12H25O4P/c1-5-9-11-12(10-6-2)16-17(13,14-7-3)15-8-4/h6,10,12H,5,7-9,11H2,1-4H3/b10-6-. The van der Waals surface area contributed by atoms with Crippen molar-refractivity contribution in [2.45, 2.75) is 53.1 Å². The summed E-state index contributed by atoms with van der Waals surface area (Å²) in [5, 5.41) is 0. The number of hydrogen-bond donors (Lipinski definition) is 0. The van der Waals surface area contributed by atoms with Crippen LogP contribution in [0.4, 0.5) is 0 Å². The predicted octanol–water partition coefficient (Wildman–Crippen LogP) is 4.32. The van der Waals surface area contributed by atoms with Crippen molar-refractivity contribution in [2.24, 2.45) is 0 Å². The lowest BCUT2D eigenvalue weighted by Crippen LogP contribution is -2.11. The quantitative estimate of drug-likeness (QED) is 0.435. The molecule has 0 aliphatic heterocycles. The van der Waals surface area contributed by atoms with E-state index in [1.165, 1.54) is 0 Å². The van der Waals surface area contributed by atoms with Crippen molar-refractivity contribution in [3.8, 4) is 0 Å². The molecule has 0 rings (SSSR count). The number of phosphoric ester groups is 1. The highest BCUT2D eigenvalue weighted by atomic mass is 31.2. The van der Waals surface area contributed by atoms with Gasteiger partial charge in [0.1, 0.15) is 0 Å². The Morgan fingerprint density at radius 1 is 1.18 bits per heavy atom. The molecule has 0 spiro atoms. The fraction of sp³-hybridized carbons (Fsp3) is 0.833. The van der Waals surface area contributed by atoms with Gasteiger partial charge in [-0.25, -0.2) is 4.57 Å². The van der Waals surface area contributed by atoms with Crippen molar-refractivity contribution >= 4 is 7.82 Å². The van der Waals surface area contributed by atoms with E-state index in [0.29, 0.717) is 13.2 Å². The fourth-order valence-corrected chi connectivity index (χ4v) is 2.72. The zero-order valence-electron chi connectivity index (χ0n) is 11.3. The highest BCUT2D eigenvalue weighted by Gasteiger charge is 2.28.